The van der Waals surface area contributed by atoms with Gasteiger partial charge in [0.1, 0.15) is 0 Å². The first-order chi connectivity index (χ1) is 8.10. The standard InChI is InChI=1S/C14H28N2O/c1-5-7-13(8-6-2)14(17)16-10-11(3)15-9-12(16)4/h11-13,15H,5-10H2,1-4H3. The quantitative estimate of drug-likeness (QED) is 0.800. The molecule has 1 fully saturated rings. The number of amides is 1. The fourth-order valence-electron chi connectivity index (χ4n) is 2.65. The summed E-state index contributed by atoms with van der Waals surface area (Å²) in [5, 5.41) is 3.43. The monoisotopic (exact) mass is 240 g/mol. The van der Waals surface area contributed by atoms with Crippen molar-refractivity contribution in [2.75, 3.05) is 13.1 Å². The summed E-state index contributed by atoms with van der Waals surface area (Å²) in [6, 6.07) is 0.772. The Balaban J connectivity index is 2.63. The third kappa shape index (κ3) is 3.98. The van der Waals surface area contributed by atoms with Crippen LogP contribution in [0, 0.1) is 5.92 Å². The highest BCUT2D eigenvalue weighted by atomic mass is 16.2. The van der Waals surface area contributed by atoms with E-state index in [0.717, 1.165) is 38.8 Å². The van der Waals surface area contributed by atoms with E-state index >= 15 is 0 Å². The Morgan fingerprint density at radius 2 is 1.88 bits per heavy atom. The van der Waals surface area contributed by atoms with Gasteiger partial charge in [0.15, 0.2) is 0 Å². The second-order valence-electron chi connectivity index (χ2n) is 5.42. The largest absolute Gasteiger partial charge is 0.337 e. The number of carbonyl (C=O) groups is 1. The predicted molar refractivity (Wildman–Crippen MR) is 71.9 cm³/mol. The topological polar surface area (TPSA) is 32.3 Å². The first-order valence-electron chi connectivity index (χ1n) is 7.13. The minimum Gasteiger partial charge on any atom is -0.337 e. The zero-order valence-corrected chi connectivity index (χ0v) is 11.8. The third-order valence-corrected chi connectivity index (χ3v) is 3.67. The van der Waals surface area contributed by atoms with Crippen molar-refractivity contribution in [2.24, 2.45) is 5.92 Å². The Kier molecular flexibility index (Phi) is 5.96. The molecular weight excluding hydrogens is 212 g/mol. The molecule has 1 heterocycles. The molecule has 0 radical (unpaired) electrons. The van der Waals surface area contributed by atoms with Gasteiger partial charge in [-0.3, -0.25) is 4.79 Å². The van der Waals surface area contributed by atoms with Crippen molar-refractivity contribution in [3.63, 3.8) is 0 Å². The molecule has 1 rings (SSSR count). The number of hydrogen-bond donors (Lipinski definition) is 1. The van der Waals surface area contributed by atoms with Gasteiger partial charge in [-0.25, -0.2) is 0 Å². The van der Waals surface area contributed by atoms with Crippen molar-refractivity contribution in [3.05, 3.63) is 0 Å². The fraction of sp³-hybridized carbons (Fsp3) is 0.929. The van der Waals surface area contributed by atoms with Gasteiger partial charge in [-0.2, -0.15) is 0 Å². The lowest BCUT2D eigenvalue weighted by Gasteiger charge is -2.39. The van der Waals surface area contributed by atoms with Gasteiger partial charge in [0.2, 0.25) is 5.91 Å². The molecule has 1 saturated heterocycles. The minimum atomic E-state index is 0.248. The van der Waals surface area contributed by atoms with E-state index in [-0.39, 0.29) is 5.92 Å². The average molecular weight is 240 g/mol. The summed E-state index contributed by atoms with van der Waals surface area (Å²) in [5.74, 6) is 0.632. The third-order valence-electron chi connectivity index (χ3n) is 3.67. The van der Waals surface area contributed by atoms with Crippen LogP contribution in [0.2, 0.25) is 0 Å². The Morgan fingerprint density at radius 3 is 2.41 bits per heavy atom. The molecule has 0 aromatic rings. The molecule has 0 aromatic carbocycles. The molecule has 100 valence electrons. The van der Waals surface area contributed by atoms with E-state index in [0.29, 0.717) is 18.0 Å². The molecule has 0 spiro atoms. The molecule has 17 heavy (non-hydrogen) atoms. The van der Waals surface area contributed by atoms with Gasteiger partial charge < -0.3 is 10.2 Å². The number of nitrogens with zero attached hydrogens (tertiary/aromatic N) is 1. The Labute approximate surface area is 106 Å². The highest BCUT2D eigenvalue weighted by Crippen LogP contribution is 2.19. The molecule has 0 saturated carbocycles. The number of carbonyl (C=O) groups excluding carboxylic acids is 1. The van der Waals surface area contributed by atoms with Crippen molar-refractivity contribution in [2.45, 2.75) is 65.5 Å². The summed E-state index contributed by atoms with van der Waals surface area (Å²) in [6.07, 6.45) is 4.29. The molecule has 0 bridgehead atoms. The first-order valence-corrected chi connectivity index (χ1v) is 7.13. The van der Waals surface area contributed by atoms with Gasteiger partial charge in [0.25, 0.3) is 0 Å². The summed E-state index contributed by atoms with van der Waals surface area (Å²) < 4.78 is 0. The Morgan fingerprint density at radius 1 is 1.29 bits per heavy atom. The van der Waals surface area contributed by atoms with Gasteiger partial charge in [-0.1, -0.05) is 26.7 Å². The summed E-state index contributed by atoms with van der Waals surface area (Å²) in [6.45, 7) is 10.4. The van der Waals surface area contributed by atoms with E-state index in [2.05, 4.69) is 37.9 Å². The first kappa shape index (κ1) is 14.5. The van der Waals surface area contributed by atoms with Crippen LogP contribution in [-0.4, -0.2) is 36.0 Å². The van der Waals surface area contributed by atoms with Crippen LogP contribution in [0.3, 0.4) is 0 Å². The number of nitrogens with one attached hydrogen (secondary N) is 1. The maximum Gasteiger partial charge on any atom is 0.226 e. The molecule has 1 N–H and O–H groups in total. The van der Waals surface area contributed by atoms with E-state index in [9.17, 15) is 4.79 Å². The highest BCUT2D eigenvalue weighted by Gasteiger charge is 2.30. The molecule has 0 aromatic heterocycles. The normalized spacial score (nSPS) is 25.4. The maximum atomic E-state index is 12.5. The lowest BCUT2D eigenvalue weighted by molar-refractivity contribution is -0.139. The lowest BCUT2D eigenvalue weighted by Crippen LogP contribution is -2.57. The zero-order valence-electron chi connectivity index (χ0n) is 11.8. The van der Waals surface area contributed by atoms with Crippen LogP contribution < -0.4 is 5.32 Å². The van der Waals surface area contributed by atoms with Crippen molar-refractivity contribution < 1.29 is 4.79 Å². The molecule has 2 atom stereocenters. The van der Waals surface area contributed by atoms with Gasteiger partial charge >= 0.3 is 0 Å². The second-order valence-corrected chi connectivity index (χ2v) is 5.42. The smallest absolute Gasteiger partial charge is 0.226 e. The summed E-state index contributed by atoms with van der Waals surface area (Å²) in [5.41, 5.74) is 0. The Hall–Kier alpha value is -0.570. The predicted octanol–water partition coefficient (Wildman–Crippen LogP) is 2.41. The molecule has 0 aliphatic carbocycles. The van der Waals surface area contributed by atoms with E-state index in [1.54, 1.807) is 0 Å². The highest BCUT2D eigenvalue weighted by molar-refractivity contribution is 5.79. The summed E-state index contributed by atoms with van der Waals surface area (Å²) in [7, 11) is 0. The molecule has 1 amide bonds. The number of hydrogen-bond acceptors (Lipinski definition) is 2. The molecule has 2 unspecified atom stereocenters. The summed E-state index contributed by atoms with van der Waals surface area (Å²) in [4.78, 5) is 14.6. The SMILES string of the molecule is CCCC(CCC)C(=O)N1CC(C)NCC1C. The lowest BCUT2D eigenvalue weighted by atomic mass is 9.95. The van der Waals surface area contributed by atoms with E-state index in [1.807, 2.05) is 0 Å². The van der Waals surface area contributed by atoms with Gasteiger partial charge in [-0.15, -0.1) is 0 Å². The van der Waals surface area contributed by atoms with Gasteiger partial charge in [-0.05, 0) is 26.7 Å². The van der Waals surface area contributed by atoms with Crippen LogP contribution in [0.4, 0.5) is 0 Å². The summed E-state index contributed by atoms with van der Waals surface area (Å²) >= 11 is 0. The molecule has 1 aliphatic heterocycles. The Bertz CT molecular complexity index is 236. The van der Waals surface area contributed by atoms with E-state index < -0.39 is 0 Å². The van der Waals surface area contributed by atoms with Crippen LogP contribution in [-0.2, 0) is 4.79 Å². The van der Waals surface area contributed by atoms with Crippen molar-refractivity contribution >= 4 is 5.91 Å². The van der Waals surface area contributed by atoms with Crippen molar-refractivity contribution in [3.8, 4) is 0 Å². The van der Waals surface area contributed by atoms with Gasteiger partial charge in [0.05, 0.1) is 0 Å². The van der Waals surface area contributed by atoms with E-state index in [1.165, 1.54) is 0 Å². The average Bonchev–Trinajstić information content (AvgIpc) is 2.31. The fourth-order valence-corrected chi connectivity index (χ4v) is 2.65. The molecule has 3 heteroatoms. The maximum absolute atomic E-state index is 12.5. The van der Waals surface area contributed by atoms with Crippen LogP contribution in [0.15, 0.2) is 0 Å². The van der Waals surface area contributed by atoms with Crippen molar-refractivity contribution in [1.82, 2.24) is 10.2 Å². The van der Waals surface area contributed by atoms with E-state index in [4.69, 9.17) is 0 Å². The van der Waals surface area contributed by atoms with Crippen LogP contribution in [0.1, 0.15) is 53.4 Å². The zero-order chi connectivity index (χ0) is 12.8. The molecule has 1 aliphatic rings. The molecular formula is C14H28N2O. The number of piperazine rings is 1. The molecule has 3 nitrogen and oxygen atoms in total. The second kappa shape index (κ2) is 7.00. The number of rotatable bonds is 5. The van der Waals surface area contributed by atoms with Crippen molar-refractivity contribution in [1.29, 1.82) is 0 Å². The van der Waals surface area contributed by atoms with Crippen LogP contribution >= 0.6 is 0 Å². The van der Waals surface area contributed by atoms with Gasteiger partial charge in [0, 0.05) is 31.1 Å². The minimum absolute atomic E-state index is 0.248. The van der Waals surface area contributed by atoms with Crippen LogP contribution in [0.5, 0.6) is 0 Å². The van der Waals surface area contributed by atoms with Crippen LogP contribution in [0.25, 0.3) is 0 Å².